The molecule has 2 N–H and O–H groups in total. The molecule has 0 spiro atoms. The van der Waals surface area contributed by atoms with Crippen LogP contribution in [0.1, 0.15) is 18.2 Å². The maximum atomic E-state index is 5.49. The van der Waals surface area contributed by atoms with E-state index < -0.39 is 5.66 Å². The smallest absolute Gasteiger partial charge is 0.158 e. The number of aliphatic imine (C=N–C) groups is 1. The minimum atomic E-state index is -0.434. The summed E-state index contributed by atoms with van der Waals surface area (Å²) in [6, 6.07) is 0. The highest BCUT2D eigenvalue weighted by Crippen LogP contribution is 2.41. The lowest BCUT2D eigenvalue weighted by Crippen LogP contribution is -2.47. The van der Waals surface area contributed by atoms with E-state index in [1.165, 1.54) is 5.57 Å². The summed E-state index contributed by atoms with van der Waals surface area (Å²) in [7, 11) is 1.95. The molecule has 122 valence electrons. The van der Waals surface area contributed by atoms with E-state index >= 15 is 0 Å². The van der Waals surface area contributed by atoms with Crippen molar-refractivity contribution in [2.75, 3.05) is 26.3 Å². The molecule has 1 fully saturated rings. The second-order valence-electron chi connectivity index (χ2n) is 6.30. The summed E-state index contributed by atoms with van der Waals surface area (Å²) >= 11 is 0. The summed E-state index contributed by atoms with van der Waals surface area (Å²) in [4.78, 5) is 6.98. The van der Waals surface area contributed by atoms with Crippen LogP contribution in [-0.4, -0.2) is 53.0 Å². The lowest BCUT2D eigenvalue weighted by molar-refractivity contribution is 0.0507. The minimum absolute atomic E-state index is 0.434. The summed E-state index contributed by atoms with van der Waals surface area (Å²) in [5.74, 6) is 1.12. The highest BCUT2D eigenvalue weighted by molar-refractivity contribution is 5.87. The van der Waals surface area contributed by atoms with Gasteiger partial charge in [-0.2, -0.15) is 5.10 Å². The minimum Gasteiger partial charge on any atom is -0.378 e. The van der Waals surface area contributed by atoms with Crippen molar-refractivity contribution in [1.82, 2.24) is 25.3 Å². The van der Waals surface area contributed by atoms with Gasteiger partial charge in [-0.3, -0.25) is 4.68 Å². The van der Waals surface area contributed by atoms with E-state index in [2.05, 4.69) is 44.9 Å². The van der Waals surface area contributed by atoms with Crippen molar-refractivity contribution in [3.05, 3.63) is 35.0 Å². The van der Waals surface area contributed by atoms with E-state index in [1.807, 2.05) is 18.7 Å². The van der Waals surface area contributed by atoms with Crippen molar-refractivity contribution >= 4 is 11.9 Å². The van der Waals surface area contributed by atoms with E-state index in [0.717, 1.165) is 49.0 Å². The van der Waals surface area contributed by atoms with Crippen molar-refractivity contribution in [2.24, 2.45) is 12.0 Å². The van der Waals surface area contributed by atoms with Crippen LogP contribution < -0.4 is 10.6 Å². The second-order valence-corrected chi connectivity index (χ2v) is 6.30. The summed E-state index contributed by atoms with van der Waals surface area (Å²) in [5, 5.41) is 11.3. The van der Waals surface area contributed by atoms with Gasteiger partial charge in [0, 0.05) is 49.2 Å². The Labute approximate surface area is 135 Å². The van der Waals surface area contributed by atoms with Crippen LogP contribution in [-0.2, 0) is 11.8 Å². The molecule has 0 aromatic carbocycles. The monoisotopic (exact) mass is 314 g/mol. The first kappa shape index (κ1) is 14.3. The predicted molar refractivity (Wildman–Crippen MR) is 88.5 cm³/mol. The molecule has 4 heterocycles. The Balaban J connectivity index is 1.81. The van der Waals surface area contributed by atoms with Gasteiger partial charge in [0.15, 0.2) is 5.66 Å². The predicted octanol–water partition coefficient (Wildman–Crippen LogP) is 0.564. The molecule has 0 aliphatic carbocycles. The van der Waals surface area contributed by atoms with Gasteiger partial charge < -0.3 is 20.3 Å². The number of aromatic nitrogens is 2. The molecule has 1 aromatic heterocycles. The van der Waals surface area contributed by atoms with Crippen LogP contribution >= 0.6 is 0 Å². The van der Waals surface area contributed by atoms with Crippen LogP contribution in [0.2, 0.25) is 0 Å². The quantitative estimate of drug-likeness (QED) is 0.835. The van der Waals surface area contributed by atoms with Gasteiger partial charge in [-0.25, -0.2) is 4.99 Å². The van der Waals surface area contributed by atoms with Gasteiger partial charge in [0.2, 0.25) is 0 Å². The van der Waals surface area contributed by atoms with Gasteiger partial charge in [-0.1, -0.05) is 0 Å². The molecule has 4 rings (SSSR count). The molecule has 23 heavy (non-hydrogen) atoms. The van der Waals surface area contributed by atoms with Gasteiger partial charge in [0.1, 0.15) is 5.82 Å². The van der Waals surface area contributed by atoms with Crippen LogP contribution in [0.3, 0.4) is 0 Å². The molecule has 1 aromatic rings. The Morgan fingerprint density at radius 2 is 2.09 bits per heavy atom. The summed E-state index contributed by atoms with van der Waals surface area (Å²) in [6.07, 6.45) is 5.91. The number of hydrogen-bond acceptors (Lipinski definition) is 6. The van der Waals surface area contributed by atoms with E-state index in [-0.39, 0.29) is 0 Å². The van der Waals surface area contributed by atoms with Crippen molar-refractivity contribution in [2.45, 2.75) is 19.5 Å². The molecular formula is C16H22N6O. The Kier molecular flexibility index (Phi) is 3.19. The first-order valence-electron chi connectivity index (χ1n) is 7.95. The first-order chi connectivity index (χ1) is 11.1. The molecule has 0 saturated carbocycles. The SMILES string of the molecule is Cc1nn(C)cc1C1=CNC2(C)N=CNC(N3CCOCC3)=C12. The summed E-state index contributed by atoms with van der Waals surface area (Å²) in [6.45, 7) is 7.43. The zero-order valence-corrected chi connectivity index (χ0v) is 13.8. The molecule has 7 nitrogen and oxygen atoms in total. The summed E-state index contributed by atoms with van der Waals surface area (Å²) in [5.41, 5.74) is 4.06. The Bertz CT molecular complexity index is 725. The number of rotatable bonds is 2. The fourth-order valence-corrected chi connectivity index (χ4v) is 3.49. The topological polar surface area (TPSA) is 66.7 Å². The van der Waals surface area contributed by atoms with E-state index in [0.29, 0.717) is 0 Å². The Morgan fingerprint density at radius 1 is 1.30 bits per heavy atom. The molecule has 3 aliphatic heterocycles. The third-order valence-corrected chi connectivity index (χ3v) is 4.65. The second kappa shape index (κ2) is 5.13. The highest BCUT2D eigenvalue weighted by Gasteiger charge is 2.41. The van der Waals surface area contributed by atoms with Gasteiger partial charge >= 0.3 is 0 Å². The van der Waals surface area contributed by atoms with Crippen LogP contribution in [0.4, 0.5) is 0 Å². The zero-order chi connectivity index (χ0) is 16.0. The molecule has 1 saturated heterocycles. The van der Waals surface area contributed by atoms with Crippen molar-refractivity contribution < 1.29 is 4.74 Å². The third-order valence-electron chi connectivity index (χ3n) is 4.65. The van der Waals surface area contributed by atoms with Crippen LogP contribution in [0, 0.1) is 6.92 Å². The van der Waals surface area contributed by atoms with Crippen molar-refractivity contribution in [1.29, 1.82) is 0 Å². The van der Waals surface area contributed by atoms with Crippen LogP contribution in [0.15, 0.2) is 28.8 Å². The number of morpholine rings is 1. The lowest BCUT2D eigenvalue weighted by Gasteiger charge is -2.37. The van der Waals surface area contributed by atoms with Crippen LogP contribution in [0.5, 0.6) is 0 Å². The fourth-order valence-electron chi connectivity index (χ4n) is 3.49. The average Bonchev–Trinajstić information content (AvgIpc) is 3.06. The molecule has 3 aliphatic rings. The summed E-state index contributed by atoms with van der Waals surface area (Å²) < 4.78 is 7.35. The molecule has 7 heteroatoms. The molecule has 1 unspecified atom stereocenters. The highest BCUT2D eigenvalue weighted by atomic mass is 16.5. The number of nitrogens with zero attached hydrogens (tertiary/aromatic N) is 4. The normalized spacial score (nSPS) is 26.7. The molecule has 0 bridgehead atoms. The number of ether oxygens (including phenoxy) is 1. The molecule has 0 radical (unpaired) electrons. The Morgan fingerprint density at radius 3 is 2.78 bits per heavy atom. The molecular weight excluding hydrogens is 292 g/mol. The van der Waals surface area contributed by atoms with Crippen LogP contribution in [0.25, 0.3) is 5.57 Å². The maximum absolute atomic E-state index is 5.49. The van der Waals surface area contributed by atoms with Gasteiger partial charge in [-0.05, 0) is 13.8 Å². The van der Waals surface area contributed by atoms with E-state index in [4.69, 9.17) is 4.74 Å². The number of hydrogen-bond donors (Lipinski definition) is 2. The number of aryl methyl sites for hydroxylation is 2. The largest absolute Gasteiger partial charge is 0.378 e. The fraction of sp³-hybridized carbons (Fsp3) is 0.500. The molecule has 0 amide bonds. The average molecular weight is 314 g/mol. The maximum Gasteiger partial charge on any atom is 0.158 e. The standard InChI is InChI=1S/C16H22N6O/c1-11-13(9-21(3)20-11)12-8-18-16(2)14(12)15(17-10-19-16)22-4-6-23-7-5-22/h8-10,18H,4-7H2,1-3H3,(H,17,19). The van der Waals surface area contributed by atoms with Crippen molar-refractivity contribution in [3.63, 3.8) is 0 Å². The van der Waals surface area contributed by atoms with Gasteiger partial charge in [0.05, 0.1) is 25.2 Å². The van der Waals surface area contributed by atoms with Gasteiger partial charge in [-0.15, -0.1) is 0 Å². The zero-order valence-electron chi connectivity index (χ0n) is 13.8. The number of nitrogens with one attached hydrogen (secondary N) is 2. The van der Waals surface area contributed by atoms with E-state index in [9.17, 15) is 0 Å². The molecule has 1 atom stereocenters. The first-order valence-corrected chi connectivity index (χ1v) is 7.95. The number of fused-ring (bicyclic) bond motifs is 1. The van der Waals surface area contributed by atoms with Crippen molar-refractivity contribution in [3.8, 4) is 0 Å². The van der Waals surface area contributed by atoms with Gasteiger partial charge in [0.25, 0.3) is 0 Å². The van der Waals surface area contributed by atoms with E-state index in [1.54, 1.807) is 6.34 Å². The Hall–Kier alpha value is -2.28. The lowest BCUT2D eigenvalue weighted by atomic mass is 9.92. The third kappa shape index (κ3) is 2.23.